The maximum absolute atomic E-state index is 11.9. The SMILES string of the molecule is Cc1nc2nonc2c(N)c1Cc1ccc(C(=O)N(C)C)cc1. The second kappa shape index (κ2) is 5.68. The molecule has 0 aliphatic heterocycles. The van der Waals surface area contributed by atoms with Crippen LogP contribution in [0, 0.1) is 6.92 Å². The number of benzene rings is 1. The molecule has 0 atom stereocenters. The van der Waals surface area contributed by atoms with Gasteiger partial charge in [0, 0.05) is 37.3 Å². The maximum atomic E-state index is 11.9. The van der Waals surface area contributed by atoms with Crippen molar-refractivity contribution in [1.82, 2.24) is 20.2 Å². The topological polar surface area (TPSA) is 98.1 Å². The summed E-state index contributed by atoms with van der Waals surface area (Å²) in [7, 11) is 3.46. The van der Waals surface area contributed by atoms with Gasteiger partial charge in [-0.3, -0.25) is 4.79 Å². The molecule has 0 aliphatic carbocycles. The van der Waals surface area contributed by atoms with Gasteiger partial charge in [-0.2, -0.15) is 0 Å². The highest BCUT2D eigenvalue weighted by Gasteiger charge is 2.15. The van der Waals surface area contributed by atoms with Crippen molar-refractivity contribution in [2.45, 2.75) is 13.3 Å². The summed E-state index contributed by atoms with van der Waals surface area (Å²) in [6.45, 7) is 1.88. The summed E-state index contributed by atoms with van der Waals surface area (Å²) in [5.74, 6) is -0.0241. The highest BCUT2D eigenvalue weighted by atomic mass is 16.6. The van der Waals surface area contributed by atoms with E-state index in [-0.39, 0.29) is 5.91 Å². The Hall–Kier alpha value is -2.96. The summed E-state index contributed by atoms with van der Waals surface area (Å²) >= 11 is 0. The summed E-state index contributed by atoms with van der Waals surface area (Å²) in [5.41, 5.74) is 11.0. The van der Waals surface area contributed by atoms with Crippen LogP contribution in [0.5, 0.6) is 0 Å². The lowest BCUT2D eigenvalue weighted by molar-refractivity contribution is 0.0827. The van der Waals surface area contributed by atoms with Crippen LogP contribution >= 0.6 is 0 Å². The minimum atomic E-state index is -0.0241. The van der Waals surface area contributed by atoms with Gasteiger partial charge in [-0.1, -0.05) is 12.1 Å². The first-order valence-electron chi connectivity index (χ1n) is 7.15. The number of nitrogens with two attached hydrogens (primary N) is 1. The number of hydrogen-bond acceptors (Lipinski definition) is 6. The first kappa shape index (κ1) is 15.0. The Kier molecular flexibility index (Phi) is 3.69. The third-order valence-corrected chi connectivity index (χ3v) is 3.75. The van der Waals surface area contributed by atoms with Crippen molar-refractivity contribution in [3.8, 4) is 0 Å². The third kappa shape index (κ3) is 2.73. The maximum Gasteiger partial charge on any atom is 0.253 e. The molecule has 0 saturated carbocycles. The van der Waals surface area contributed by atoms with E-state index in [1.807, 2.05) is 31.2 Å². The van der Waals surface area contributed by atoms with Gasteiger partial charge in [-0.15, -0.1) is 0 Å². The highest BCUT2D eigenvalue weighted by Crippen LogP contribution is 2.25. The summed E-state index contributed by atoms with van der Waals surface area (Å²) in [6.07, 6.45) is 0.601. The van der Waals surface area contributed by atoms with E-state index in [1.165, 1.54) is 0 Å². The number of amides is 1. The standard InChI is InChI=1S/C16H17N5O2/c1-9-12(13(17)14-15(18-9)20-23-19-14)8-10-4-6-11(7-5-10)16(22)21(2)3/h4-7H,8,17H2,1-3H3. The molecule has 0 saturated heterocycles. The van der Waals surface area contributed by atoms with E-state index in [9.17, 15) is 4.79 Å². The average Bonchev–Trinajstić information content (AvgIpc) is 2.99. The molecule has 118 valence electrons. The van der Waals surface area contributed by atoms with Gasteiger partial charge in [0.05, 0.1) is 5.69 Å². The van der Waals surface area contributed by atoms with Gasteiger partial charge in [0.1, 0.15) is 0 Å². The van der Waals surface area contributed by atoms with Crippen LogP contribution in [0.2, 0.25) is 0 Å². The van der Waals surface area contributed by atoms with E-state index in [2.05, 4.69) is 19.9 Å². The molecule has 3 rings (SSSR count). The normalized spacial score (nSPS) is 10.9. The van der Waals surface area contributed by atoms with Crippen LogP contribution in [0.1, 0.15) is 27.2 Å². The molecule has 1 aromatic carbocycles. The minimum absolute atomic E-state index is 0.0241. The lowest BCUT2D eigenvalue weighted by Gasteiger charge is -2.11. The van der Waals surface area contributed by atoms with Gasteiger partial charge in [-0.25, -0.2) is 9.61 Å². The largest absolute Gasteiger partial charge is 0.396 e. The molecule has 0 spiro atoms. The van der Waals surface area contributed by atoms with Crippen LogP contribution in [0.4, 0.5) is 5.69 Å². The van der Waals surface area contributed by atoms with Gasteiger partial charge in [-0.05, 0) is 34.9 Å². The smallest absolute Gasteiger partial charge is 0.253 e. The zero-order valence-electron chi connectivity index (χ0n) is 13.2. The van der Waals surface area contributed by atoms with Crippen LogP contribution in [0.3, 0.4) is 0 Å². The number of aromatic nitrogens is 3. The number of aryl methyl sites for hydroxylation is 1. The van der Waals surface area contributed by atoms with Crippen molar-refractivity contribution in [2.24, 2.45) is 0 Å². The molecule has 0 fully saturated rings. The Bertz CT molecular complexity index is 868. The van der Waals surface area contributed by atoms with Crippen LogP contribution < -0.4 is 5.73 Å². The predicted octanol–water partition coefficient (Wildman–Crippen LogP) is 1.80. The molecule has 0 unspecified atom stereocenters. The first-order chi connectivity index (χ1) is 11.0. The molecular formula is C16H17N5O2. The van der Waals surface area contributed by atoms with Crippen molar-refractivity contribution in [2.75, 3.05) is 19.8 Å². The molecule has 3 aromatic rings. The highest BCUT2D eigenvalue weighted by molar-refractivity contribution is 5.93. The van der Waals surface area contributed by atoms with Crippen molar-refractivity contribution in [1.29, 1.82) is 0 Å². The van der Waals surface area contributed by atoms with E-state index >= 15 is 0 Å². The monoisotopic (exact) mass is 311 g/mol. The number of carbonyl (C=O) groups is 1. The molecule has 2 N–H and O–H groups in total. The van der Waals surface area contributed by atoms with Crippen LogP contribution in [0.25, 0.3) is 11.2 Å². The van der Waals surface area contributed by atoms with Gasteiger partial charge in [0.2, 0.25) is 5.65 Å². The van der Waals surface area contributed by atoms with E-state index < -0.39 is 0 Å². The molecule has 7 heteroatoms. The van der Waals surface area contributed by atoms with E-state index in [0.717, 1.165) is 16.8 Å². The van der Waals surface area contributed by atoms with Gasteiger partial charge in [0.15, 0.2) is 5.52 Å². The summed E-state index contributed by atoms with van der Waals surface area (Å²) in [5, 5.41) is 7.51. The lowest BCUT2D eigenvalue weighted by atomic mass is 10.0. The number of nitrogens with zero attached hydrogens (tertiary/aromatic N) is 4. The zero-order chi connectivity index (χ0) is 16.6. The number of fused-ring (bicyclic) bond motifs is 1. The number of anilines is 1. The number of nitrogen functional groups attached to an aromatic ring is 1. The average molecular weight is 311 g/mol. The van der Waals surface area contributed by atoms with E-state index in [0.29, 0.717) is 28.8 Å². The minimum Gasteiger partial charge on any atom is -0.396 e. The summed E-state index contributed by atoms with van der Waals surface area (Å²) in [4.78, 5) is 17.8. The molecule has 0 radical (unpaired) electrons. The Morgan fingerprint density at radius 2 is 1.91 bits per heavy atom. The zero-order valence-corrected chi connectivity index (χ0v) is 13.2. The van der Waals surface area contributed by atoms with Crippen LogP contribution in [-0.4, -0.2) is 40.2 Å². The Balaban J connectivity index is 1.92. The third-order valence-electron chi connectivity index (χ3n) is 3.75. The number of rotatable bonds is 3. The summed E-state index contributed by atoms with van der Waals surface area (Å²) in [6, 6.07) is 7.46. The van der Waals surface area contributed by atoms with E-state index in [4.69, 9.17) is 5.73 Å². The fourth-order valence-corrected chi connectivity index (χ4v) is 2.44. The number of carbonyl (C=O) groups excluding carboxylic acids is 1. The summed E-state index contributed by atoms with van der Waals surface area (Å²) < 4.78 is 4.69. The quantitative estimate of drug-likeness (QED) is 0.792. The Morgan fingerprint density at radius 3 is 2.57 bits per heavy atom. The van der Waals surface area contributed by atoms with Crippen molar-refractivity contribution in [3.63, 3.8) is 0 Å². The Labute approximate surface area is 133 Å². The molecule has 7 nitrogen and oxygen atoms in total. The molecule has 23 heavy (non-hydrogen) atoms. The number of pyridine rings is 1. The van der Waals surface area contributed by atoms with E-state index in [1.54, 1.807) is 19.0 Å². The van der Waals surface area contributed by atoms with Gasteiger partial charge >= 0.3 is 0 Å². The molecule has 1 amide bonds. The van der Waals surface area contributed by atoms with Crippen LogP contribution in [0.15, 0.2) is 28.9 Å². The second-order valence-corrected chi connectivity index (χ2v) is 5.60. The molecule has 2 heterocycles. The molecule has 0 bridgehead atoms. The fraction of sp³-hybridized carbons (Fsp3) is 0.250. The lowest BCUT2D eigenvalue weighted by Crippen LogP contribution is -2.21. The second-order valence-electron chi connectivity index (χ2n) is 5.60. The predicted molar refractivity (Wildman–Crippen MR) is 86.0 cm³/mol. The van der Waals surface area contributed by atoms with Crippen LogP contribution in [-0.2, 0) is 6.42 Å². The Morgan fingerprint density at radius 1 is 1.22 bits per heavy atom. The molecular weight excluding hydrogens is 294 g/mol. The van der Waals surface area contributed by atoms with Crippen molar-refractivity contribution < 1.29 is 9.42 Å². The molecule has 2 aromatic heterocycles. The first-order valence-corrected chi connectivity index (χ1v) is 7.15. The molecule has 0 aliphatic rings. The number of hydrogen-bond donors (Lipinski definition) is 1. The van der Waals surface area contributed by atoms with Gasteiger partial charge < -0.3 is 10.6 Å². The van der Waals surface area contributed by atoms with Crippen molar-refractivity contribution >= 4 is 22.8 Å². The van der Waals surface area contributed by atoms with Crippen molar-refractivity contribution in [3.05, 3.63) is 46.6 Å². The fourth-order valence-electron chi connectivity index (χ4n) is 2.44. The van der Waals surface area contributed by atoms with Gasteiger partial charge in [0.25, 0.3) is 5.91 Å².